The van der Waals surface area contributed by atoms with Gasteiger partial charge in [-0.05, 0) is 30.7 Å². The second-order valence-corrected chi connectivity index (χ2v) is 9.25. The Bertz CT molecular complexity index is 1560. The van der Waals surface area contributed by atoms with Crippen molar-refractivity contribution in [3.8, 4) is 17.4 Å². The highest BCUT2D eigenvalue weighted by atomic mass is 79.9. The van der Waals surface area contributed by atoms with Gasteiger partial charge in [0.1, 0.15) is 12.0 Å². The fraction of sp³-hybridized carbons (Fsp3) is 0.200. The van der Waals surface area contributed by atoms with Crippen LogP contribution >= 0.6 is 27.5 Å². The summed E-state index contributed by atoms with van der Waals surface area (Å²) in [7, 11) is 1.45. The lowest BCUT2D eigenvalue weighted by atomic mass is 10.2. The molecule has 0 N–H and O–H groups in total. The number of halogens is 2. The molecule has 0 saturated heterocycles. The molecule has 0 bridgehead atoms. The lowest BCUT2D eigenvalue weighted by Gasteiger charge is -2.13. The van der Waals surface area contributed by atoms with Crippen LogP contribution in [0.2, 0.25) is 5.02 Å². The molecule has 0 amide bonds. The molecule has 0 unspecified atom stereocenters. The van der Waals surface area contributed by atoms with Gasteiger partial charge >= 0.3 is 0 Å². The fourth-order valence-corrected chi connectivity index (χ4v) is 4.10. The summed E-state index contributed by atoms with van der Waals surface area (Å²) >= 11 is 9.70. The first-order valence-corrected chi connectivity index (χ1v) is 12.4. The summed E-state index contributed by atoms with van der Waals surface area (Å²) in [5.74, 6) is 1.12. The molecule has 0 saturated carbocycles. The summed E-state index contributed by atoms with van der Waals surface area (Å²) in [5, 5.41) is 16.2. The molecular weight excluding hydrogens is 566 g/mol. The van der Waals surface area contributed by atoms with E-state index in [1.165, 1.54) is 30.1 Å². The van der Waals surface area contributed by atoms with E-state index in [0.29, 0.717) is 33.7 Å². The van der Waals surface area contributed by atoms with Crippen molar-refractivity contribution in [2.75, 3.05) is 7.11 Å². The van der Waals surface area contributed by atoms with Gasteiger partial charge in [-0.1, -0.05) is 40.9 Å². The number of hydrogen-bond acceptors (Lipinski definition) is 8. The molecule has 190 valence electrons. The molecule has 37 heavy (non-hydrogen) atoms. The minimum atomic E-state index is -0.554. The Hall–Kier alpha value is -3.83. The molecular formula is C25H21BrClN5O5. The largest absolute Gasteiger partial charge is 0.493 e. The lowest BCUT2D eigenvalue weighted by molar-refractivity contribution is -0.385. The van der Waals surface area contributed by atoms with Gasteiger partial charge in [-0.15, -0.1) is 0 Å². The van der Waals surface area contributed by atoms with Crippen LogP contribution in [0.5, 0.6) is 17.4 Å². The molecule has 4 rings (SSSR count). The number of unbranched alkanes of at least 4 members (excludes halogenated alkanes) is 1. The second-order valence-electron chi connectivity index (χ2n) is 7.89. The SMILES string of the molecule is CCCCc1nc2ccc(Br)cc2c(=O)n1N=Cc1cc(Cl)cc(OC)c1Oc1ccc([N+](=O)[O-])cn1. The zero-order valence-electron chi connectivity index (χ0n) is 19.9. The van der Waals surface area contributed by atoms with Crippen LogP contribution in [0.25, 0.3) is 10.9 Å². The van der Waals surface area contributed by atoms with Crippen molar-refractivity contribution in [1.29, 1.82) is 0 Å². The van der Waals surface area contributed by atoms with Crippen molar-refractivity contribution >= 4 is 50.3 Å². The Morgan fingerprint density at radius 1 is 1.24 bits per heavy atom. The van der Waals surface area contributed by atoms with Crippen molar-refractivity contribution in [2.24, 2.45) is 5.10 Å². The highest BCUT2D eigenvalue weighted by Gasteiger charge is 2.16. The van der Waals surface area contributed by atoms with E-state index in [4.69, 9.17) is 21.1 Å². The van der Waals surface area contributed by atoms with Gasteiger partial charge in [0.2, 0.25) is 5.88 Å². The van der Waals surface area contributed by atoms with Crippen molar-refractivity contribution in [3.63, 3.8) is 0 Å². The van der Waals surface area contributed by atoms with E-state index in [9.17, 15) is 14.9 Å². The maximum Gasteiger partial charge on any atom is 0.287 e. The standard InChI is InChI=1S/C25H21BrClN5O5/c1-3-4-5-22-30-20-8-6-16(26)11-19(20)25(33)31(22)29-13-15-10-17(27)12-21(36-2)24(15)37-23-9-7-18(14-28-23)32(34)35/h6-14H,3-5H2,1-2H3. The van der Waals surface area contributed by atoms with Crippen LogP contribution in [0.15, 0.2) is 63.0 Å². The zero-order valence-corrected chi connectivity index (χ0v) is 22.2. The van der Waals surface area contributed by atoms with E-state index < -0.39 is 4.92 Å². The highest BCUT2D eigenvalue weighted by Crippen LogP contribution is 2.37. The molecule has 2 aromatic carbocycles. The van der Waals surface area contributed by atoms with Crippen LogP contribution in [-0.4, -0.2) is 32.9 Å². The third kappa shape index (κ3) is 5.95. The number of benzene rings is 2. The number of aryl methyl sites for hydroxylation is 1. The molecule has 10 nitrogen and oxygen atoms in total. The predicted octanol–water partition coefficient (Wildman–Crippen LogP) is 6.14. The average Bonchev–Trinajstić information content (AvgIpc) is 2.88. The van der Waals surface area contributed by atoms with Gasteiger partial charge < -0.3 is 9.47 Å². The number of methoxy groups -OCH3 is 1. The van der Waals surface area contributed by atoms with Crippen molar-refractivity contribution < 1.29 is 14.4 Å². The van der Waals surface area contributed by atoms with Gasteiger partial charge in [0.15, 0.2) is 11.5 Å². The van der Waals surface area contributed by atoms with Gasteiger partial charge in [0, 0.05) is 39.7 Å². The molecule has 0 spiro atoms. The third-order valence-corrected chi connectivity index (χ3v) is 6.06. The van der Waals surface area contributed by atoms with Crippen LogP contribution < -0.4 is 15.0 Å². The quantitative estimate of drug-likeness (QED) is 0.131. The first-order valence-electron chi connectivity index (χ1n) is 11.2. The number of pyridine rings is 1. The predicted molar refractivity (Wildman–Crippen MR) is 144 cm³/mol. The maximum atomic E-state index is 13.4. The van der Waals surface area contributed by atoms with Gasteiger partial charge in [-0.3, -0.25) is 14.9 Å². The Morgan fingerprint density at radius 2 is 2.05 bits per heavy atom. The van der Waals surface area contributed by atoms with E-state index in [0.717, 1.165) is 23.5 Å². The smallest absolute Gasteiger partial charge is 0.287 e. The number of ether oxygens (including phenoxy) is 2. The molecule has 2 aromatic heterocycles. The van der Waals surface area contributed by atoms with Crippen molar-refractivity contribution in [1.82, 2.24) is 14.6 Å². The van der Waals surface area contributed by atoms with Crippen LogP contribution in [0, 0.1) is 10.1 Å². The minimum Gasteiger partial charge on any atom is -0.493 e. The summed E-state index contributed by atoms with van der Waals surface area (Å²) in [6, 6.07) is 11.1. The highest BCUT2D eigenvalue weighted by molar-refractivity contribution is 9.10. The first kappa shape index (κ1) is 26.2. The lowest BCUT2D eigenvalue weighted by Crippen LogP contribution is -2.22. The zero-order chi connectivity index (χ0) is 26.5. The van der Waals surface area contributed by atoms with Gasteiger partial charge in [-0.2, -0.15) is 9.78 Å². The topological polar surface area (TPSA) is 122 Å². The molecule has 4 aromatic rings. The van der Waals surface area contributed by atoms with Crippen LogP contribution in [0.3, 0.4) is 0 Å². The van der Waals surface area contributed by atoms with Gasteiger partial charge in [0.05, 0.1) is 29.2 Å². The summed E-state index contributed by atoms with van der Waals surface area (Å²) in [5.41, 5.74) is 0.490. The van der Waals surface area contributed by atoms with Crippen LogP contribution in [0.4, 0.5) is 5.69 Å². The van der Waals surface area contributed by atoms with Gasteiger partial charge in [0.25, 0.3) is 11.2 Å². The maximum absolute atomic E-state index is 13.4. The summed E-state index contributed by atoms with van der Waals surface area (Å²) < 4.78 is 13.4. The summed E-state index contributed by atoms with van der Waals surface area (Å²) in [4.78, 5) is 32.4. The molecule has 0 aliphatic rings. The Kier molecular flexibility index (Phi) is 8.14. The molecule has 2 heterocycles. The first-order chi connectivity index (χ1) is 17.8. The minimum absolute atomic E-state index is 0.0962. The molecule has 0 radical (unpaired) electrons. The molecule has 0 aliphatic carbocycles. The van der Waals surface area contributed by atoms with Crippen LogP contribution in [-0.2, 0) is 6.42 Å². The molecule has 0 fully saturated rings. The Labute approximate surface area is 224 Å². The van der Waals surface area contributed by atoms with Crippen molar-refractivity contribution in [2.45, 2.75) is 26.2 Å². The number of aromatic nitrogens is 3. The Morgan fingerprint density at radius 3 is 2.73 bits per heavy atom. The average molecular weight is 587 g/mol. The van der Waals surface area contributed by atoms with Gasteiger partial charge in [-0.25, -0.2) is 9.97 Å². The van der Waals surface area contributed by atoms with E-state index in [1.807, 2.05) is 6.07 Å². The molecule has 0 atom stereocenters. The van der Waals surface area contributed by atoms with E-state index in [2.05, 4.69) is 37.9 Å². The number of fused-ring (bicyclic) bond motifs is 1. The van der Waals surface area contributed by atoms with Crippen molar-refractivity contribution in [3.05, 3.63) is 90.0 Å². The Balaban J connectivity index is 1.81. The number of nitrogens with zero attached hydrogens (tertiary/aromatic N) is 5. The summed E-state index contributed by atoms with van der Waals surface area (Å²) in [6.45, 7) is 2.05. The number of nitro groups is 1. The third-order valence-electron chi connectivity index (χ3n) is 5.35. The second kappa shape index (κ2) is 11.5. The number of hydrogen-bond donors (Lipinski definition) is 0. The summed E-state index contributed by atoms with van der Waals surface area (Å²) in [6.07, 6.45) is 4.82. The van der Waals surface area contributed by atoms with E-state index >= 15 is 0 Å². The fourth-order valence-electron chi connectivity index (χ4n) is 3.52. The normalized spacial score (nSPS) is 11.2. The molecule has 12 heteroatoms. The molecule has 0 aliphatic heterocycles. The number of rotatable bonds is 9. The van der Waals surface area contributed by atoms with E-state index in [-0.39, 0.29) is 28.6 Å². The van der Waals surface area contributed by atoms with E-state index in [1.54, 1.807) is 24.3 Å². The monoisotopic (exact) mass is 585 g/mol. The van der Waals surface area contributed by atoms with Crippen LogP contribution in [0.1, 0.15) is 31.2 Å².